The first-order valence-corrected chi connectivity index (χ1v) is 8.07. The molecule has 14 heteroatoms. The number of rotatable bonds is 10. The lowest BCUT2D eigenvalue weighted by molar-refractivity contribution is -0.870. The molecule has 0 aromatic rings. The van der Waals surface area contributed by atoms with E-state index in [1.807, 2.05) is 21.1 Å². The van der Waals surface area contributed by atoms with Crippen molar-refractivity contribution in [2.75, 3.05) is 34.3 Å². The Hall–Kier alpha value is -3.26. The zero-order chi connectivity index (χ0) is 24.7. The summed E-state index contributed by atoms with van der Waals surface area (Å²) in [5.74, 6) is -7.99. The van der Waals surface area contributed by atoms with Gasteiger partial charge in [-0.05, 0) is 0 Å². The van der Waals surface area contributed by atoms with Crippen molar-refractivity contribution in [3.63, 3.8) is 0 Å². The lowest BCUT2D eigenvalue weighted by Gasteiger charge is -2.24. The van der Waals surface area contributed by atoms with Crippen LogP contribution in [0.1, 0.15) is 26.2 Å². The Labute approximate surface area is 171 Å². The highest BCUT2D eigenvalue weighted by atomic mass is 16.5. The number of aliphatic hydroxyl groups is 1. The van der Waals surface area contributed by atoms with E-state index >= 15 is 0 Å². The van der Waals surface area contributed by atoms with E-state index in [2.05, 4.69) is 0 Å². The van der Waals surface area contributed by atoms with Crippen LogP contribution >= 0.6 is 0 Å². The molecule has 0 amide bonds. The van der Waals surface area contributed by atoms with Gasteiger partial charge in [0.1, 0.15) is 13.2 Å². The summed E-state index contributed by atoms with van der Waals surface area (Å²) in [4.78, 5) is 60.4. The summed E-state index contributed by atoms with van der Waals surface area (Å²) in [5.41, 5.74) is -2.64. The van der Waals surface area contributed by atoms with Gasteiger partial charge in [-0.15, -0.1) is 0 Å². The van der Waals surface area contributed by atoms with Crippen LogP contribution < -0.4 is 5.11 Å². The zero-order valence-corrected chi connectivity index (χ0v) is 17.0. The maximum atomic E-state index is 11.4. The molecule has 0 aromatic carbocycles. The molecule has 0 aromatic heterocycles. The molecule has 0 rings (SSSR count). The molecule has 0 radical (unpaired) electrons. The number of carbonyl (C=O) groups is 6. The van der Waals surface area contributed by atoms with Gasteiger partial charge in [0, 0.05) is 6.92 Å². The Morgan fingerprint density at radius 2 is 1.33 bits per heavy atom. The van der Waals surface area contributed by atoms with Crippen LogP contribution in [0, 0.1) is 0 Å². The van der Waals surface area contributed by atoms with E-state index in [9.17, 15) is 34.2 Å². The van der Waals surface area contributed by atoms with E-state index in [1.54, 1.807) is 0 Å². The number of quaternary nitrogens is 1. The molecule has 0 spiro atoms. The Morgan fingerprint density at radius 3 is 1.57 bits per heavy atom. The summed E-state index contributed by atoms with van der Waals surface area (Å²) in [6.45, 7) is 1.65. The Bertz CT molecular complexity index is 607. The molecule has 0 aliphatic heterocycles. The van der Waals surface area contributed by atoms with E-state index in [-0.39, 0.29) is 6.61 Å². The predicted octanol–water partition coefficient (Wildman–Crippen LogP) is -2.78. The second-order valence-corrected chi connectivity index (χ2v) is 6.78. The van der Waals surface area contributed by atoms with Crippen molar-refractivity contribution in [2.45, 2.75) is 31.8 Å². The van der Waals surface area contributed by atoms with Gasteiger partial charge >= 0.3 is 23.9 Å². The Morgan fingerprint density at radius 1 is 0.900 bits per heavy atom. The fourth-order valence-electron chi connectivity index (χ4n) is 1.31. The van der Waals surface area contributed by atoms with Crippen LogP contribution in [0.5, 0.6) is 0 Å². The summed E-state index contributed by atoms with van der Waals surface area (Å²) in [7, 11) is 5.64. The molecule has 30 heavy (non-hydrogen) atoms. The lowest BCUT2D eigenvalue weighted by atomic mass is 9.96. The van der Waals surface area contributed by atoms with Crippen LogP contribution in [0.4, 0.5) is 0 Å². The number of carboxylic acid groups (broad SMARTS) is 5. The van der Waals surface area contributed by atoms with Gasteiger partial charge in [0.25, 0.3) is 5.97 Å². The number of ether oxygens (including phenoxy) is 1. The van der Waals surface area contributed by atoms with Gasteiger partial charge in [-0.25, -0.2) is 4.79 Å². The molecule has 0 fully saturated rings. The molecule has 0 aliphatic rings. The fourth-order valence-corrected chi connectivity index (χ4v) is 1.31. The summed E-state index contributed by atoms with van der Waals surface area (Å²) in [6, 6.07) is 0. The van der Waals surface area contributed by atoms with Crippen LogP contribution in [0.2, 0.25) is 0 Å². The third-order valence-corrected chi connectivity index (χ3v) is 2.60. The van der Waals surface area contributed by atoms with E-state index in [4.69, 9.17) is 30.0 Å². The predicted molar refractivity (Wildman–Crippen MR) is 93.9 cm³/mol. The molecular formula is C16H27NO13. The number of hydrogen-bond donors (Lipinski definition) is 5. The molecule has 0 bridgehead atoms. The third-order valence-electron chi connectivity index (χ3n) is 2.60. The van der Waals surface area contributed by atoms with Crippen LogP contribution in [-0.2, 0) is 33.5 Å². The molecular weight excluding hydrogens is 414 g/mol. The van der Waals surface area contributed by atoms with Crippen molar-refractivity contribution >= 4 is 35.8 Å². The van der Waals surface area contributed by atoms with Crippen molar-refractivity contribution in [3.8, 4) is 0 Å². The molecule has 5 N–H and O–H groups in total. The SMILES string of the molecule is CC(=O)O.C[N+](C)(C)CCOC(=O)CC(O)(CC(=O)O)C(=O)O.O=C([O-])CC(=O)O. The summed E-state index contributed by atoms with van der Waals surface area (Å²) in [5, 5.41) is 51.3. The van der Waals surface area contributed by atoms with E-state index in [0.717, 1.165) is 6.92 Å². The first-order valence-electron chi connectivity index (χ1n) is 8.07. The average Bonchev–Trinajstić information content (AvgIpc) is 2.42. The van der Waals surface area contributed by atoms with Crippen LogP contribution in [0.25, 0.3) is 0 Å². The molecule has 1 unspecified atom stereocenters. The van der Waals surface area contributed by atoms with Gasteiger partial charge in [-0.2, -0.15) is 0 Å². The number of carbonyl (C=O) groups excluding carboxylic acids is 2. The second kappa shape index (κ2) is 14.7. The summed E-state index contributed by atoms with van der Waals surface area (Å²) >= 11 is 0. The Kier molecular flexibility index (Phi) is 15.4. The smallest absolute Gasteiger partial charge is 0.336 e. The summed E-state index contributed by atoms with van der Waals surface area (Å²) in [6.07, 6.45) is -2.88. The maximum Gasteiger partial charge on any atom is 0.336 e. The number of aliphatic carboxylic acids is 5. The highest BCUT2D eigenvalue weighted by Crippen LogP contribution is 2.17. The monoisotopic (exact) mass is 441 g/mol. The van der Waals surface area contributed by atoms with Crippen molar-refractivity contribution in [3.05, 3.63) is 0 Å². The molecule has 0 saturated heterocycles. The third kappa shape index (κ3) is 24.7. The summed E-state index contributed by atoms with van der Waals surface area (Å²) < 4.78 is 5.32. The van der Waals surface area contributed by atoms with Gasteiger partial charge < -0.3 is 44.7 Å². The first-order chi connectivity index (χ1) is 13.3. The zero-order valence-electron chi connectivity index (χ0n) is 17.0. The number of likely N-dealkylation sites (N-methyl/N-ethyl adjacent to an activating group) is 1. The van der Waals surface area contributed by atoms with Crippen LogP contribution in [-0.4, -0.2) is 106 Å². The van der Waals surface area contributed by atoms with Gasteiger partial charge in [0.2, 0.25) is 0 Å². The van der Waals surface area contributed by atoms with Crippen LogP contribution in [0.3, 0.4) is 0 Å². The van der Waals surface area contributed by atoms with E-state index < -0.39 is 60.7 Å². The van der Waals surface area contributed by atoms with Crippen molar-refractivity contribution in [2.24, 2.45) is 0 Å². The normalized spacial score (nSPS) is 11.9. The Balaban J connectivity index is -0.000000543. The van der Waals surface area contributed by atoms with E-state index in [0.29, 0.717) is 11.0 Å². The number of nitrogens with zero attached hydrogens (tertiary/aromatic N) is 1. The molecule has 174 valence electrons. The molecule has 1 atom stereocenters. The fraction of sp³-hybridized carbons (Fsp3) is 0.625. The molecule has 14 nitrogen and oxygen atoms in total. The van der Waals surface area contributed by atoms with Crippen LogP contribution in [0.15, 0.2) is 0 Å². The van der Waals surface area contributed by atoms with Crippen molar-refractivity contribution in [1.29, 1.82) is 0 Å². The molecule has 0 aliphatic carbocycles. The highest BCUT2D eigenvalue weighted by molar-refractivity contribution is 5.88. The number of hydrogen-bond acceptors (Lipinski definition) is 9. The molecule has 0 saturated carbocycles. The minimum absolute atomic E-state index is 0.0606. The first kappa shape index (κ1) is 31.4. The van der Waals surface area contributed by atoms with Gasteiger partial charge in [-0.3, -0.25) is 19.2 Å². The topological polar surface area (TPSA) is 236 Å². The number of esters is 1. The highest BCUT2D eigenvalue weighted by Gasteiger charge is 2.41. The minimum atomic E-state index is -2.64. The largest absolute Gasteiger partial charge is 0.550 e. The maximum absolute atomic E-state index is 11.4. The molecule has 0 heterocycles. The standard InChI is InChI=1S/C11H19NO7.C3H4O4.C2H4O2/c1-12(2,3)4-5-19-9(15)7-11(18,10(16)17)6-8(13)14;4-2(5)1-3(6)7;1-2(3)4/h18H,4-7H2,1-3H3,(H-,13,14,16,17);1H2,(H,4,5)(H,6,7);1H3,(H,3,4). The lowest BCUT2D eigenvalue weighted by Crippen LogP contribution is -2.43. The van der Waals surface area contributed by atoms with Crippen molar-refractivity contribution in [1.82, 2.24) is 0 Å². The van der Waals surface area contributed by atoms with E-state index in [1.165, 1.54) is 0 Å². The average molecular weight is 441 g/mol. The second-order valence-electron chi connectivity index (χ2n) is 6.78. The van der Waals surface area contributed by atoms with Gasteiger partial charge in [0.05, 0.1) is 46.4 Å². The van der Waals surface area contributed by atoms with Gasteiger partial charge in [-0.1, -0.05) is 0 Å². The quantitative estimate of drug-likeness (QED) is 0.131. The number of carboxylic acids is 5. The van der Waals surface area contributed by atoms with Gasteiger partial charge in [0.15, 0.2) is 5.60 Å². The van der Waals surface area contributed by atoms with Crippen molar-refractivity contribution < 1.29 is 68.6 Å². The minimum Gasteiger partial charge on any atom is -0.550 e.